The molecule has 0 saturated heterocycles. The van der Waals surface area contributed by atoms with E-state index in [0.717, 1.165) is 6.42 Å². The highest BCUT2D eigenvalue weighted by molar-refractivity contribution is 5.48. The van der Waals surface area contributed by atoms with Gasteiger partial charge < -0.3 is 5.11 Å². The summed E-state index contributed by atoms with van der Waals surface area (Å²) in [6, 6.07) is 3.92. The maximum Gasteiger partial charge on any atom is 0.119 e. The Morgan fingerprint density at radius 1 is 1.23 bits per heavy atom. The van der Waals surface area contributed by atoms with E-state index in [2.05, 4.69) is 19.9 Å². The molecule has 0 heterocycles. The summed E-state index contributed by atoms with van der Waals surface area (Å²) in [5, 5.41) is 9.75. The number of phenols is 1. The summed E-state index contributed by atoms with van der Waals surface area (Å²) >= 11 is 0. The zero-order chi connectivity index (χ0) is 9.42. The predicted octanol–water partition coefficient (Wildman–Crippen LogP) is 3.00. The average Bonchev–Trinajstić information content (AvgIpc) is 2.50. The van der Waals surface area contributed by atoms with Crippen LogP contribution >= 0.6 is 0 Å². The van der Waals surface area contributed by atoms with Crippen molar-refractivity contribution in [1.29, 1.82) is 0 Å². The lowest BCUT2D eigenvalue weighted by atomic mass is 9.94. The first-order valence-corrected chi connectivity index (χ1v) is 5.03. The summed E-state index contributed by atoms with van der Waals surface area (Å²) in [6.07, 6.45) is 3.59. The number of phenolic OH excluding ortho intramolecular Hbond substituents is 1. The highest BCUT2D eigenvalue weighted by Crippen LogP contribution is 2.35. The Kier molecular flexibility index (Phi) is 2.03. The number of benzene rings is 1. The first-order valence-electron chi connectivity index (χ1n) is 5.03. The second kappa shape index (κ2) is 3.06. The van der Waals surface area contributed by atoms with E-state index in [-0.39, 0.29) is 0 Å². The van der Waals surface area contributed by atoms with Crippen molar-refractivity contribution in [3.63, 3.8) is 0 Å². The lowest BCUT2D eigenvalue weighted by Crippen LogP contribution is -1.96. The number of fused-ring (bicyclic) bond motifs is 1. The van der Waals surface area contributed by atoms with Gasteiger partial charge in [-0.15, -0.1) is 0 Å². The fourth-order valence-electron chi connectivity index (χ4n) is 2.33. The number of aromatic hydroxyl groups is 1. The zero-order valence-electron chi connectivity index (χ0n) is 8.30. The standard InChI is InChI=1S/C12H16O/c1-8(2)12-10-5-3-4-9(10)6-7-11(12)13/h6-8,13H,3-5H2,1-2H3. The van der Waals surface area contributed by atoms with E-state index in [1.165, 1.54) is 29.5 Å². The third-order valence-corrected chi connectivity index (χ3v) is 2.88. The van der Waals surface area contributed by atoms with Gasteiger partial charge in [-0.1, -0.05) is 19.9 Å². The maximum atomic E-state index is 9.75. The molecule has 0 fully saturated rings. The first-order chi connectivity index (χ1) is 6.20. The van der Waals surface area contributed by atoms with Gasteiger partial charge in [-0.3, -0.25) is 0 Å². The molecule has 1 aromatic rings. The summed E-state index contributed by atoms with van der Waals surface area (Å²) in [6.45, 7) is 4.29. The number of hydrogen-bond donors (Lipinski definition) is 1. The van der Waals surface area contributed by atoms with Crippen molar-refractivity contribution >= 4 is 0 Å². The summed E-state index contributed by atoms with van der Waals surface area (Å²) in [5.74, 6) is 0.920. The molecule has 1 heteroatoms. The molecule has 0 spiro atoms. The number of hydrogen-bond acceptors (Lipinski definition) is 1. The molecule has 1 aliphatic rings. The second-order valence-electron chi connectivity index (χ2n) is 4.14. The monoisotopic (exact) mass is 176 g/mol. The van der Waals surface area contributed by atoms with Gasteiger partial charge in [0, 0.05) is 0 Å². The van der Waals surface area contributed by atoms with Gasteiger partial charge in [-0.25, -0.2) is 0 Å². The lowest BCUT2D eigenvalue weighted by Gasteiger charge is -2.13. The third-order valence-electron chi connectivity index (χ3n) is 2.88. The van der Waals surface area contributed by atoms with Crippen molar-refractivity contribution in [1.82, 2.24) is 0 Å². The highest BCUT2D eigenvalue weighted by atomic mass is 16.3. The Morgan fingerprint density at radius 2 is 2.00 bits per heavy atom. The van der Waals surface area contributed by atoms with Gasteiger partial charge >= 0.3 is 0 Å². The molecule has 0 radical (unpaired) electrons. The molecule has 0 aliphatic heterocycles. The van der Waals surface area contributed by atoms with Crippen LogP contribution in [0.1, 0.15) is 42.9 Å². The van der Waals surface area contributed by atoms with E-state index in [1.54, 1.807) is 0 Å². The SMILES string of the molecule is CC(C)c1c(O)ccc2c1CCC2. The Hall–Kier alpha value is -0.980. The summed E-state index contributed by atoms with van der Waals surface area (Å²) in [7, 11) is 0. The van der Waals surface area contributed by atoms with E-state index >= 15 is 0 Å². The van der Waals surface area contributed by atoms with Crippen molar-refractivity contribution in [3.8, 4) is 5.75 Å². The molecular formula is C12H16O. The summed E-state index contributed by atoms with van der Waals surface area (Å²) in [4.78, 5) is 0. The smallest absolute Gasteiger partial charge is 0.119 e. The molecule has 0 bridgehead atoms. The molecule has 1 nitrogen and oxygen atoms in total. The van der Waals surface area contributed by atoms with Crippen LogP contribution in [-0.4, -0.2) is 5.11 Å². The molecule has 0 unspecified atom stereocenters. The van der Waals surface area contributed by atoms with Crippen LogP contribution in [0.15, 0.2) is 12.1 Å². The maximum absolute atomic E-state index is 9.75. The van der Waals surface area contributed by atoms with E-state index in [0.29, 0.717) is 11.7 Å². The van der Waals surface area contributed by atoms with Crippen LogP contribution in [0.4, 0.5) is 0 Å². The van der Waals surface area contributed by atoms with Crippen LogP contribution in [0.25, 0.3) is 0 Å². The van der Waals surface area contributed by atoms with Crippen LogP contribution in [0.2, 0.25) is 0 Å². The molecule has 1 aromatic carbocycles. The minimum Gasteiger partial charge on any atom is -0.508 e. The lowest BCUT2D eigenvalue weighted by molar-refractivity contribution is 0.463. The van der Waals surface area contributed by atoms with Gasteiger partial charge in [0.05, 0.1) is 0 Å². The number of aryl methyl sites for hydroxylation is 1. The Balaban J connectivity index is 2.58. The van der Waals surface area contributed by atoms with Crippen molar-refractivity contribution in [2.45, 2.75) is 39.0 Å². The van der Waals surface area contributed by atoms with Gasteiger partial charge in [0.15, 0.2) is 0 Å². The molecular weight excluding hydrogens is 160 g/mol. The van der Waals surface area contributed by atoms with Gasteiger partial charge in [0.2, 0.25) is 0 Å². The van der Waals surface area contributed by atoms with Gasteiger partial charge in [-0.2, -0.15) is 0 Å². The van der Waals surface area contributed by atoms with Crippen LogP contribution in [0, 0.1) is 0 Å². The van der Waals surface area contributed by atoms with Gasteiger partial charge in [0.1, 0.15) is 5.75 Å². The average molecular weight is 176 g/mol. The second-order valence-corrected chi connectivity index (χ2v) is 4.14. The molecule has 0 atom stereocenters. The third kappa shape index (κ3) is 1.32. The molecule has 0 aromatic heterocycles. The minimum absolute atomic E-state index is 0.438. The first kappa shape index (κ1) is 8.61. The summed E-state index contributed by atoms with van der Waals surface area (Å²) < 4.78 is 0. The van der Waals surface area contributed by atoms with E-state index in [9.17, 15) is 5.11 Å². The Morgan fingerprint density at radius 3 is 2.69 bits per heavy atom. The largest absolute Gasteiger partial charge is 0.508 e. The number of rotatable bonds is 1. The molecule has 0 saturated carbocycles. The van der Waals surface area contributed by atoms with E-state index in [1.807, 2.05) is 6.07 Å². The topological polar surface area (TPSA) is 20.2 Å². The fourth-order valence-corrected chi connectivity index (χ4v) is 2.33. The normalized spacial score (nSPS) is 15.0. The van der Waals surface area contributed by atoms with Gasteiger partial charge in [0.25, 0.3) is 0 Å². The molecule has 2 rings (SSSR count). The van der Waals surface area contributed by atoms with E-state index < -0.39 is 0 Å². The van der Waals surface area contributed by atoms with Crippen LogP contribution in [-0.2, 0) is 12.8 Å². The Labute approximate surface area is 79.4 Å². The van der Waals surface area contributed by atoms with Crippen molar-refractivity contribution < 1.29 is 5.11 Å². The van der Waals surface area contributed by atoms with Crippen LogP contribution in [0.5, 0.6) is 5.75 Å². The highest BCUT2D eigenvalue weighted by Gasteiger charge is 2.19. The molecule has 70 valence electrons. The van der Waals surface area contributed by atoms with Crippen molar-refractivity contribution in [3.05, 3.63) is 28.8 Å². The van der Waals surface area contributed by atoms with E-state index in [4.69, 9.17) is 0 Å². The molecule has 1 N–H and O–H groups in total. The Bertz CT molecular complexity index is 326. The van der Waals surface area contributed by atoms with Crippen LogP contribution < -0.4 is 0 Å². The molecule has 13 heavy (non-hydrogen) atoms. The zero-order valence-corrected chi connectivity index (χ0v) is 8.30. The predicted molar refractivity (Wildman–Crippen MR) is 54.2 cm³/mol. The van der Waals surface area contributed by atoms with Crippen molar-refractivity contribution in [2.75, 3.05) is 0 Å². The van der Waals surface area contributed by atoms with Gasteiger partial charge in [-0.05, 0) is 47.9 Å². The summed E-state index contributed by atoms with van der Waals surface area (Å²) in [5.41, 5.74) is 4.03. The fraction of sp³-hybridized carbons (Fsp3) is 0.500. The minimum atomic E-state index is 0.438. The quantitative estimate of drug-likeness (QED) is 0.697. The molecule has 0 amide bonds. The van der Waals surface area contributed by atoms with Crippen LogP contribution in [0.3, 0.4) is 0 Å². The molecule has 1 aliphatic carbocycles. The van der Waals surface area contributed by atoms with Crippen molar-refractivity contribution in [2.24, 2.45) is 0 Å².